The highest BCUT2D eigenvalue weighted by atomic mass is 31.2. The van der Waals surface area contributed by atoms with Crippen LogP contribution in [-0.2, 0) is 65.4 Å². The molecule has 0 fully saturated rings. The van der Waals surface area contributed by atoms with E-state index in [1.807, 2.05) is 0 Å². The molecule has 19 heteroatoms. The molecule has 0 rings (SSSR count). The van der Waals surface area contributed by atoms with Crippen molar-refractivity contribution in [1.29, 1.82) is 0 Å². The first kappa shape index (κ1) is 86.1. The Bertz CT molecular complexity index is 1750. The molecule has 0 aliphatic rings. The number of phosphoric acid groups is 2. The van der Waals surface area contributed by atoms with E-state index in [0.29, 0.717) is 37.5 Å². The SMILES string of the molecule is CCC(C)CCCCCCCCC(=O)OC[C@H](COP(=O)(O)OCC(O)COP(=O)(O)OC[C@@H](COC(=O)CCCCCCCCCC(C)C)OC(=O)CCCCCCCCCCCCCCCCCC(C)C)OC(=O)CCCCCCCCCC(C)C. The lowest BCUT2D eigenvalue weighted by molar-refractivity contribution is -0.161. The Morgan fingerprint density at radius 1 is 0.318 bits per heavy atom. The van der Waals surface area contributed by atoms with Crippen molar-refractivity contribution in [2.24, 2.45) is 23.7 Å². The monoisotopic (exact) mass is 1300 g/mol. The number of unbranched alkanes of at least 4 members (excludes halogenated alkanes) is 31. The van der Waals surface area contributed by atoms with Gasteiger partial charge in [0, 0.05) is 25.7 Å². The first-order valence-corrected chi connectivity index (χ1v) is 38.7. The number of carbonyl (C=O) groups is 4. The van der Waals surface area contributed by atoms with Crippen LogP contribution in [0.1, 0.15) is 338 Å². The van der Waals surface area contributed by atoms with E-state index in [4.69, 9.17) is 37.0 Å². The molecular weight excluding hydrogens is 1160 g/mol. The normalized spacial score (nSPS) is 14.6. The summed E-state index contributed by atoms with van der Waals surface area (Å²) < 4.78 is 68.2. The Labute approximate surface area is 537 Å². The number of hydrogen-bond donors (Lipinski definition) is 3. The molecule has 88 heavy (non-hydrogen) atoms. The van der Waals surface area contributed by atoms with E-state index in [1.165, 1.54) is 128 Å². The maximum absolute atomic E-state index is 13.0. The summed E-state index contributed by atoms with van der Waals surface area (Å²) in [6.45, 7) is 14.0. The molecule has 0 saturated carbocycles. The highest BCUT2D eigenvalue weighted by molar-refractivity contribution is 7.47. The summed E-state index contributed by atoms with van der Waals surface area (Å²) in [6.07, 6.45) is 40.6. The predicted octanol–water partition coefficient (Wildman–Crippen LogP) is 19.3. The first-order valence-electron chi connectivity index (χ1n) is 35.7. The molecule has 6 atom stereocenters. The van der Waals surface area contributed by atoms with E-state index in [9.17, 15) is 43.2 Å². The lowest BCUT2D eigenvalue weighted by Crippen LogP contribution is -2.30. The number of aliphatic hydroxyl groups excluding tert-OH is 1. The van der Waals surface area contributed by atoms with Crippen LogP contribution in [-0.4, -0.2) is 96.7 Å². The molecule has 0 spiro atoms. The van der Waals surface area contributed by atoms with Crippen LogP contribution in [0.25, 0.3) is 0 Å². The van der Waals surface area contributed by atoms with Crippen LogP contribution in [0.15, 0.2) is 0 Å². The van der Waals surface area contributed by atoms with E-state index < -0.39 is 97.5 Å². The molecule has 0 heterocycles. The second-order valence-corrected chi connectivity index (χ2v) is 29.5. The first-order chi connectivity index (χ1) is 42.1. The largest absolute Gasteiger partial charge is 0.472 e. The standard InChI is InChI=1S/C69H134O17P2/c1-9-62(8)48-40-32-27-28-34-42-50-67(72)80-56-65(86-69(74)52-44-36-26-20-23-31-39-47-61(6)7)58-84-88(77,78)82-54-63(70)53-81-87(75,76)83-57-64(55-79-66(71)49-41-33-25-19-22-30-38-46-60(4)5)85-68(73)51-43-35-24-18-16-14-12-10-11-13-15-17-21-29-37-45-59(2)3/h59-65,70H,9-58H2,1-8H3,(H,75,76)(H,77,78)/t62?,63?,64-,65-/m1/s1. The average molecular weight is 1300 g/mol. The highest BCUT2D eigenvalue weighted by Crippen LogP contribution is 2.45. The quantitative estimate of drug-likeness (QED) is 0.0222. The lowest BCUT2D eigenvalue weighted by atomic mass is 10.00. The fourth-order valence-electron chi connectivity index (χ4n) is 10.3. The molecule has 0 aromatic rings. The number of rotatable bonds is 66. The number of carbonyl (C=O) groups excluding carboxylic acids is 4. The van der Waals surface area contributed by atoms with E-state index in [1.54, 1.807) is 0 Å². The fourth-order valence-corrected chi connectivity index (χ4v) is 11.9. The van der Waals surface area contributed by atoms with Crippen molar-refractivity contribution in [2.45, 2.75) is 356 Å². The molecule has 0 bridgehead atoms. The minimum absolute atomic E-state index is 0.102. The molecule has 17 nitrogen and oxygen atoms in total. The van der Waals surface area contributed by atoms with Crippen LogP contribution in [0.4, 0.5) is 0 Å². The Morgan fingerprint density at radius 2 is 0.545 bits per heavy atom. The minimum Gasteiger partial charge on any atom is -0.462 e. The van der Waals surface area contributed by atoms with Gasteiger partial charge in [0.05, 0.1) is 26.4 Å². The molecule has 4 unspecified atom stereocenters. The van der Waals surface area contributed by atoms with Gasteiger partial charge in [0.2, 0.25) is 0 Å². The summed E-state index contributed by atoms with van der Waals surface area (Å²) in [4.78, 5) is 72.4. The summed E-state index contributed by atoms with van der Waals surface area (Å²) in [5.41, 5.74) is 0. The summed E-state index contributed by atoms with van der Waals surface area (Å²) >= 11 is 0. The molecule has 0 radical (unpaired) electrons. The van der Waals surface area contributed by atoms with Gasteiger partial charge in [-0.3, -0.25) is 37.3 Å². The van der Waals surface area contributed by atoms with Crippen molar-refractivity contribution in [2.75, 3.05) is 39.6 Å². The maximum Gasteiger partial charge on any atom is 0.472 e. The van der Waals surface area contributed by atoms with Crippen molar-refractivity contribution in [1.82, 2.24) is 0 Å². The van der Waals surface area contributed by atoms with Gasteiger partial charge < -0.3 is 33.8 Å². The third-order valence-electron chi connectivity index (χ3n) is 16.2. The minimum atomic E-state index is -4.95. The number of hydrogen-bond acceptors (Lipinski definition) is 15. The smallest absolute Gasteiger partial charge is 0.462 e. The van der Waals surface area contributed by atoms with Gasteiger partial charge in [-0.05, 0) is 49.4 Å². The number of ether oxygens (including phenoxy) is 4. The second-order valence-electron chi connectivity index (χ2n) is 26.6. The molecule has 0 aliphatic heterocycles. The summed E-state index contributed by atoms with van der Waals surface area (Å²) in [5.74, 6) is 0.799. The number of phosphoric ester groups is 2. The molecule has 0 aromatic carbocycles. The van der Waals surface area contributed by atoms with Crippen LogP contribution >= 0.6 is 15.6 Å². The third kappa shape index (κ3) is 61.6. The molecule has 0 saturated heterocycles. The highest BCUT2D eigenvalue weighted by Gasteiger charge is 2.30. The molecule has 0 aliphatic carbocycles. The van der Waals surface area contributed by atoms with Crippen LogP contribution in [0.3, 0.4) is 0 Å². The van der Waals surface area contributed by atoms with Crippen LogP contribution in [0.2, 0.25) is 0 Å². The zero-order valence-electron chi connectivity index (χ0n) is 57.3. The summed E-state index contributed by atoms with van der Waals surface area (Å²) in [6, 6.07) is 0. The van der Waals surface area contributed by atoms with E-state index in [0.717, 1.165) is 115 Å². The van der Waals surface area contributed by atoms with Crippen LogP contribution < -0.4 is 0 Å². The van der Waals surface area contributed by atoms with Crippen LogP contribution in [0.5, 0.6) is 0 Å². The van der Waals surface area contributed by atoms with Crippen LogP contribution in [0, 0.1) is 23.7 Å². The van der Waals surface area contributed by atoms with E-state index in [-0.39, 0.29) is 25.7 Å². The molecule has 522 valence electrons. The lowest BCUT2D eigenvalue weighted by Gasteiger charge is -2.21. The Morgan fingerprint density at radius 3 is 0.807 bits per heavy atom. The molecular formula is C69H134O17P2. The van der Waals surface area contributed by atoms with Crippen molar-refractivity contribution in [3.8, 4) is 0 Å². The fraction of sp³-hybridized carbons (Fsp3) is 0.942. The van der Waals surface area contributed by atoms with Gasteiger partial charge >= 0.3 is 39.5 Å². The van der Waals surface area contributed by atoms with Crippen molar-refractivity contribution >= 4 is 39.5 Å². The topological polar surface area (TPSA) is 237 Å². The average Bonchev–Trinajstić information content (AvgIpc) is 3.57. The van der Waals surface area contributed by atoms with Gasteiger partial charge in [0.25, 0.3) is 0 Å². The predicted molar refractivity (Wildman–Crippen MR) is 354 cm³/mol. The number of aliphatic hydroxyl groups is 1. The number of esters is 4. The van der Waals surface area contributed by atoms with Crippen molar-refractivity contribution < 1.29 is 80.2 Å². The van der Waals surface area contributed by atoms with Gasteiger partial charge in [-0.25, -0.2) is 9.13 Å². The zero-order valence-corrected chi connectivity index (χ0v) is 59.1. The molecule has 0 aromatic heterocycles. The van der Waals surface area contributed by atoms with Gasteiger partial charge in [-0.1, -0.05) is 287 Å². The van der Waals surface area contributed by atoms with Crippen molar-refractivity contribution in [3.05, 3.63) is 0 Å². The summed E-state index contributed by atoms with van der Waals surface area (Å²) in [5, 5.41) is 10.6. The third-order valence-corrected chi connectivity index (χ3v) is 18.1. The van der Waals surface area contributed by atoms with Crippen molar-refractivity contribution in [3.63, 3.8) is 0 Å². The van der Waals surface area contributed by atoms with Gasteiger partial charge in [-0.15, -0.1) is 0 Å². The van der Waals surface area contributed by atoms with Gasteiger partial charge in [-0.2, -0.15) is 0 Å². The Hall–Kier alpha value is -1.94. The molecule has 3 N–H and O–H groups in total. The van der Waals surface area contributed by atoms with Gasteiger partial charge in [0.1, 0.15) is 19.3 Å². The van der Waals surface area contributed by atoms with E-state index >= 15 is 0 Å². The summed E-state index contributed by atoms with van der Waals surface area (Å²) in [7, 11) is -9.90. The maximum atomic E-state index is 13.0. The van der Waals surface area contributed by atoms with Gasteiger partial charge in [0.15, 0.2) is 12.2 Å². The second kappa shape index (κ2) is 58.8. The molecule has 0 amide bonds. The Balaban J connectivity index is 5.21. The zero-order chi connectivity index (χ0) is 65.4. The Kier molecular flexibility index (Phi) is 57.6. The van der Waals surface area contributed by atoms with E-state index in [2.05, 4.69) is 55.4 Å².